The van der Waals surface area contributed by atoms with Gasteiger partial charge < -0.3 is 10.1 Å². The Labute approximate surface area is 104 Å². The van der Waals surface area contributed by atoms with Gasteiger partial charge in [-0.1, -0.05) is 24.6 Å². The second kappa shape index (κ2) is 5.61. The molecular weight excluding hydrogens is 243 g/mol. The molecule has 0 amide bonds. The van der Waals surface area contributed by atoms with Gasteiger partial charge in [-0.05, 0) is 31.4 Å². The van der Waals surface area contributed by atoms with Crippen LogP contribution in [0.5, 0.6) is 5.75 Å². The highest BCUT2D eigenvalue weighted by molar-refractivity contribution is 5.33. The average Bonchev–Trinajstić information content (AvgIpc) is 2.22. The van der Waals surface area contributed by atoms with Crippen LogP contribution in [0, 0.1) is 5.92 Å². The van der Waals surface area contributed by atoms with Crippen LogP contribution in [-0.4, -0.2) is 12.9 Å². The van der Waals surface area contributed by atoms with Crippen molar-refractivity contribution >= 4 is 0 Å². The molecule has 1 aromatic carbocycles. The van der Waals surface area contributed by atoms with Crippen LogP contribution >= 0.6 is 0 Å². The van der Waals surface area contributed by atoms with Crippen molar-refractivity contribution in [2.45, 2.75) is 32.2 Å². The molecule has 2 rings (SSSR count). The summed E-state index contributed by atoms with van der Waals surface area (Å²) in [7, 11) is 0. The van der Waals surface area contributed by atoms with Crippen LogP contribution in [0.3, 0.4) is 0 Å². The summed E-state index contributed by atoms with van der Waals surface area (Å²) in [6, 6.07) is 6.24. The molecule has 2 nitrogen and oxygen atoms in total. The zero-order valence-electron chi connectivity index (χ0n) is 9.96. The Kier molecular flexibility index (Phi) is 4.11. The van der Waals surface area contributed by atoms with Gasteiger partial charge in [0.05, 0.1) is 0 Å². The maximum absolute atomic E-state index is 12.2. The lowest BCUT2D eigenvalue weighted by atomic mass is 9.85. The van der Waals surface area contributed by atoms with Gasteiger partial charge in [-0.3, -0.25) is 0 Å². The molecule has 1 fully saturated rings. The maximum atomic E-state index is 12.2. The third-order valence-electron chi connectivity index (χ3n) is 3.17. The first kappa shape index (κ1) is 13.2. The van der Waals surface area contributed by atoms with E-state index in [0.717, 1.165) is 6.54 Å². The third kappa shape index (κ3) is 3.91. The first-order valence-electron chi connectivity index (χ1n) is 6.09. The molecule has 5 heteroatoms. The zero-order chi connectivity index (χ0) is 13.0. The van der Waals surface area contributed by atoms with Gasteiger partial charge in [0.15, 0.2) is 0 Å². The molecule has 1 aliphatic carbocycles. The van der Waals surface area contributed by atoms with Gasteiger partial charge in [0.25, 0.3) is 0 Å². The van der Waals surface area contributed by atoms with Crippen LogP contribution in [0.25, 0.3) is 0 Å². The molecule has 0 aromatic heterocycles. The van der Waals surface area contributed by atoms with Crippen molar-refractivity contribution in [2.75, 3.05) is 6.54 Å². The van der Waals surface area contributed by atoms with E-state index in [0.29, 0.717) is 18.0 Å². The van der Waals surface area contributed by atoms with Gasteiger partial charge >= 0.3 is 6.36 Å². The smallest absolute Gasteiger partial charge is 0.405 e. The number of nitrogens with one attached hydrogen (secondary N) is 1. The number of hydrogen-bond donors (Lipinski definition) is 1. The summed E-state index contributed by atoms with van der Waals surface area (Å²) >= 11 is 0. The van der Waals surface area contributed by atoms with Crippen LogP contribution in [0.4, 0.5) is 13.2 Å². The zero-order valence-corrected chi connectivity index (χ0v) is 9.96. The molecule has 0 saturated heterocycles. The first-order chi connectivity index (χ1) is 8.54. The first-order valence-corrected chi connectivity index (χ1v) is 6.09. The van der Waals surface area contributed by atoms with Crippen LogP contribution in [0.15, 0.2) is 24.3 Å². The van der Waals surface area contributed by atoms with Gasteiger partial charge in [-0.2, -0.15) is 0 Å². The van der Waals surface area contributed by atoms with E-state index in [1.807, 2.05) is 0 Å². The summed E-state index contributed by atoms with van der Waals surface area (Å²) in [4.78, 5) is 0. The molecule has 1 aromatic rings. The summed E-state index contributed by atoms with van der Waals surface area (Å²) in [5.74, 6) is 0.562. The van der Waals surface area contributed by atoms with Crippen LogP contribution < -0.4 is 10.1 Å². The van der Waals surface area contributed by atoms with Crippen LogP contribution in [0.1, 0.15) is 24.8 Å². The molecule has 0 bridgehead atoms. The maximum Gasteiger partial charge on any atom is 0.573 e. The predicted molar refractivity (Wildman–Crippen MR) is 62.2 cm³/mol. The van der Waals surface area contributed by atoms with Crippen molar-refractivity contribution in [1.29, 1.82) is 0 Å². The van der Waals surface area contributed by atoms with Gasteiger partial charge in [-0.25, -0.2) is 0 Å². The van der Waals surface area contributed by atoms with E-state index < -0.39 is 6.36 Å². The Hall–Kier alpha value is -1.23. The van der Waals surface area contributed by atoms with Crippen molar-refractivity contribution < 1.29 is 17.9 Å². The number of benzene rings is 1. The van der Waals surface area contributed by atoms with E-state index in [2.05, 4.69) is 10.1 Å². The second-order valence-electron chi connectivity index (χ2n) is 4.58. The van der Waals surface area contributed by atoms with E-state index in [9.17, 15) is 13.2 Å². The van der Waals surface area contributed by atoms with Gasteiger partial charge in [0, 0.05) is 12.1 Å². The van der Waals surface area contributed by atoms with E-state index in [-0.39, 0.29) is 5.75 Å². The largest absolute Gasteiger partial charge is 0.573 e. The second-order valence-corrected chi connectivity index (χ2v) is 4.58. The van der Waals surface area contributed by atoms with Crippen LogP contribution in [0.2, 0.25) is 0 Å². The van der Waals surface area contributed by atoms with Gasteiger partial charge in [0.2, 0.25) is 0 Å². The molecule has 0 heterocycles. The number of halogens is 3. The van der Waals surface area contributed by atoms with E-state index in [1.54, 1.807) is 12.1 Å². The van der Waals surface area contributed by atoms with Gasteiger partial charge in [0.1, 0.15) is 5.75 Å². The van der Waals surface area contributed by atoms with E-state index >= 15 is 0 Å². The Bertz CT molecular complexity index is 388. The third-order valence-corrected chi connectivity index (χ3v) is 3.17. The van der Waals surface area contributed by atoms with Crippen molar-refractivity contribution in [3.63, 3.8) is 0 Å². The highest BCUT2D eigenvalue weighted by Crippen LogP contribution is 2.27. The lowest BCUT2D eigenvalue weighted by Crippen LogP contribution is -2.27. The quantitative estimate of drug-likeness (QED) is 0.874. The van der Waals surface area contributed by atoms with Crippen LogP contribution in [-0.2, 0) is 6.54 Å². The minimum Gasteiger partial charge on any atom is -0.405 e. The molecule has 1 saturated carbocycles. The number of rotatable bonds is 5. The standard InChI is InChI=1S/C13H16F3NO/c14-13(15,16)18-12-7-2-1-6-11(12)9-17-8-10-4-3-5-10/h1-2,6-7,10,17H,3-5,8-9H2. The molecule has 1 aliphatic rings. The van der Waals surface area contributed by atoms with Crippen molar-refractivity contribution in [2.24, 2.45) is 5.92 Å². The number of alkyl halides is 3. The van der Waals surface area contributed by atoms with Crippen molar-refractivity contribution in [3.8, 4) is 5.75 Å². The number of ether oxygens (including phenoxy) is 1. The lowest BCUT2D eigenvalue weighted by Gasteiger charge is -2.25. The molecule has 1 N–H and O–H groups in total. The monoisotopic (exact) mass is 259 g/mol. The summed E-state index contributed by atoms with van der Waals surface area (Å²) in [5, 5.41) is 3.18. The molecule has 0 spiro atoms. The Morgan fingerprint density at radius 1 is 1.22 bits per heavy atom. The topological polar surface area (TPSA) is 21.3 Å². The normalized spacial score (nSPS) is 16.4. The summed E-state index contributed by atoms with van der Waals surface area (Å²) in [6.07, 6.45) is -0.939. The van der Waals surface area contributed by atoms with Gasteiger partial charge in [-0.15, -0.1) is 13.2 Å². The SMILES string of the molecule is FC(F)(F)Oc1ccccc1CNCC1CCC1. The molecule has 18 heavy (non-hydrogen) atoms. The fraction of sp³-hybridized carbons (Fsp3) is 0.538. The molecule has 100 valence electrons. The van der Waals surface area contributed by atoms with E-state index in [1.165, 1.54) is 31.4 Å². The summed E-state index contributed by atoms with van der Waals surface area (Å²) < 4.78 is 40.6. The highest BCUT2D eigenvalue weighted by Gasteiger charge is 2.31. The highest BCUT2D eigenvalue weighted by atomic mass is 19.4. The van der Waals surface area contributed by atoms with Crippen molar-refractivity contribution in [3.05, 3.63) is 29.8 Å². The fourth-order valence-corrected chi connectivity index (χ4v) is 1.98. The lowest BCUT2D eigenvalue weighted by molar-refractivity contribution is -0.274. The predicted octanol–water partition coefficient (Wildman–Crippen LogP) is 3.47. The number of para-hydroxylation sites is 1. The summed E-state index contributed by atoms with van der Waals surface area (Å²) in [6.45, 7) is 1.27. The number of hydrogen-bond acceptors (Lipinski definition) is 2. The molecular formula is C13H16F3NO. The van der Waals surface area contributed by atoms with Crippen molar-refractivity contribution in [1.82, 2.24) is 5.32 Å². The van der Waals surface area contributed by atoms with E-state index in [4.69, 9.17) is 0 Å². The average molecular weight is 259 g/mol. The Balaban J connectivity index is 1.89. The Morgan fingerprint density at radius 2 is 1.94 bits per heavy atom. The minimum absolute atomic E-state index is 0.119. The molecule has 0 unspecified atom stereocenters. The fourth-order valence-electron chi connectivity index (χ4n) is 1.98. The Morgan fingerprint density at radius 3 is 2.56 bits per heavy atom. The summed E-state index contributed by atoms with van der Waals surface area (Å²) in [5.41, 5.74) is 0.536. The molecule has 0 atom stereocenters. The molecule has 0 radical (unpaired) electrons. The molecule has 0 aliphatic heterocycles. The minimum atomic E-state index is -4.63.